The van der Waals surface area contributed by atoms with Crippen LogP contribution in [0.15, 0.2) is 18.2 Å². The summed E-state index contributed by atoms with van der Waals surface area (Å²) in [6.45, 7) is 1.53. The average molecular weight is 312 g/mol. The number of likely N-dealkylation sites (N-methyl/N-ethyl adjacent to an activating group) is 1. The molecule has 6 nitrogen and oxygen atoms in total. The number of aromatic nitrogens is 2. The summed E-state index contributed by atoms with van der Waals surface area (Å²) in [6.07, 6.45) is 4.19. The summed E-state index contributed by atoms with van der Waals surface area (Å²) in [6, 6.07) is 5.72. The third-order valence-corrected chi connectivity index (χ3v) is 4.58. The first kappa shape index (κ1) is 14.1. The van der Waals surface area contributed by atoms with Gasteiger partial charge in [0.15, 0.2) is 5.69 Å². The number of fused-ring (bicyclic) bond motifs is 2. The van der Waals surface area contributed by atoms with Crippen molar-refractivity contribution in [3.8, 4) is 5.75 Å². The first-order chi connectivity index (χ1) is 11.2. The van der Waals surface area contributed by atoms with Gasteiger partial charge in [0.2, 0.25) is 0 Å². The number of amides is 1. The lowest BCUT2D eigenvalue weighted by molar-refractivity contribution is 0.102. The number of nitrogens with zero attached hydrogens (tertiary/aromatic N) is 2. The van der Waals surface area contributed by atoms with Crippen LogP contribution < -0.4 is 15.0 Å². The molecule has 1 aliphatic carbocycles. The predicted octanol–water partition coefficient (Wildman–Crippen LogP) is 2.37. The summed E-state index contributed by atoms with van der Waals surface area (Å²) in [5.74, 6) is 0.706. The average Bonchev–Trinajstić information content (AvgIpc) is 3.00. The molecule has 0 spiro atoms. The van der Waals surface area contributed by atoms with Gasteiger partial charge >= 0.3 is 0 Å². The van der Waals surface area contributed by atoms with E-state index in [1.54, 1.807) is 0 Å². The minimum absolute atomic E-state index is 0.149. The third kappa shape index (κ3) is 2.54. The summed E-state index contributed by atoms with van der Waals surface area (Å²) < 4.78 is 5.63. The Morgan fingerprint density at radius 1 is 1.35 bits per heavy atom. The van der Waals surface area contributed by atoms with E-state index in [9.17, 15) is 4.79 Å². The molecule has 0 saturated heterocycles. The molecule has 1 aromatic heterocycles. The molecular weight excluding hydrogens is 292 g/mol. The van der Waals surface area contributed by atoms with E-state index in [4.69, 9.17) is 4.74 Å². The van der Waals surface area contributed by atoms with Gasteiger partial charge in [0.1, 0.15) is 12.4 Å². The van der Waals surface area contributed by atoms with Gasteiger partial charge in [-0.2, -0.15) is 5.10 Å². The minimum atomic E-state index is -0.149. The minimum Gasteiger partial charge on any atom is -0.490 e. The third-order valence-electron chi connectivity index (χ3n) is 4.58. The number of carbonyl (C=O) groups excluding carboxylic acids is 1. The molecule has 2 aliphatic rings. The monoisotopic (exact) mass is 312 g/mol. The van der Waals surface area contributed by atoms with Crippen molar-refractivity contribution in [2.45, 2.75) is 25.7 Å². The molecule has 2 aromatic rings. The summed E-state index contributed by atoms with van der Waals surface area (Å²) >= 11 is 0. The van der Waals surface area contributed by atoms with Gasteiger partial charge < -0.3 is 15.0 Å². The van der Waals surface area contributed by atoms with Gasteiger partial charge in [-0.05, 0) is 43.9 Å². The van der Waals surface area contributed by atoms with Crippen LogP contribution in [-0.2, 0) is 12.8 Å². The number of aromatic amines is 1. The number of anilines is 2. The van der Waals surface area contributed by atoms with Crippen LogP contribution in [0.1, 0.15) is 34.6 Å². The van der Waals surface area contributed by atoms with E-state index in [1.165, 1.54) is 0 Å². The van der Waals surface area contributed by atoms with Crippen LogP contribution in [0, 0.1) is 0 Å². The SMILES string of the molecule is CN1CCOc2ccc(NC(=O)c3n[nH]c4c3CCCC4)cc21. The number of benzene rings is 1. The molecule has 6 heteroatoms. The lowest BCUT2D eigenvalue weighted by Gasteiger charge is -2.28. The summed E-state index contributed by atoms with van der Waals surface area (Å²) in [5.41, 5.74) is 4.48. The Balaban J connectivity index is 1.57. The van der Waals surface area contributed by atoms with Crippen molar-refractivity contribution in [3.63, 3.8) is 0 Å². The molecule has 0 radical (unpaired) electrons. The van der Waals surface area contributed by atoms with E-state index in [-0.39, 0.29) is 5.91 Å². The van der Waals surface area contributed by atoms with E-state index in [1.807, 2.05) is 25.2 Å². The molecule has 4 rings (SSSR count). The van der Waals surface area contributed by atoms with Gasteiger partial charge in [0.25, 0.3) is 5.91 Å². The Labute approximate surface area is 134 Å². The highest BCUT2D eigenvalue weighted by atomic mass is 16.5. The molecule has 23 heavy (non-hydrogen) atoms. The van der Waals surface area contributed by atoms with Gasteiger partial charge in [-0.25, -0.2) is 0 Å². The van der Waals surface area contributed by atoms with Crippen molar-refractivity contribution in [1.82, 2.24) is 10.2 Å². The van der Waals surface area contributed by atoms with Crippen molar-refractivity contribution >= 4 is 17.3 Å². The molecule has 120 valence electrons. The Kier molecular flexibility index (Phi) is 3.44. The second-order valence-electron chi connectivity index (χ2n) is 6.14. The molecule has 0 fully saturated rings. The summed E-state index contributed by atoms with van der Waals surface area (Å²) in [7, 11) is 2.02. The second-order valence-corrected chi connectivity index (χ2v) is 6.14. The Morgan fingerprint density at radius 2 is 2.22 bits per heavy atom. The molecule has 2 heterocycles. The number of carbonyl (C=O) groups is 1. The normalized spacial score (nSPS) is 16.3. The zero-order valence-corrected chi connectivity index (χ0v) is 13.2. The molecule has 0 bridgehead atoms. The van der Waals surface area contributed by atoms with Gasteiger partial charge in [0, 0.05) is 24.0 Å². The topological polar surface area (TPSA) is 70.2 Å². The van der Waals surface area contributed by atoms with E-state index >= 15 is 0 Å². The fourth-order valence-electron chi connectivity index (χ4n) is 3.29. The van der Waals surface area contributed by atoms with Gasteiger partial charge in [-0.3, -0.25) is 9.89 Å². The largest absolute Gasteiger partial charge is 0.490 e. The van der Waals surface area contributed by atoms with Crippen LogP contribution >= 0.6 is 0 Å². The highest BCUT2D eigenvalue weighted by Gasteiger charge is 2.22. The van der Waals surface area contributed by atoms with Crippen LogP contribution in [0.5, 0.6) is 5.75 Å². The van der Waals surface area contributed by atoms with Crippen molar-refractivity contribution < 1.29 is 9.53 Å². The van der Waals surface area contributed by atoms with E-state index in [0.29, 0.717) is 12.3 Å². The molecule has 0 unspecified atom stereocenters. The lowest BCUT2D eigenvalue weighted by Crippen LogP contribution is -2.28. The Bertz CT molecular complexity index is 753. The van der Waals surface area contributed by atoms with Crippen LogP contribution in [0.2, 0.25) is 0 Å². The number of aryl methyl sites for hydroxylation is 1. The number of rotatable bonds is 2. The first-order valence-corrected chi connectivity index (χ1v) is 8.08. The van der Waals surface area contributed by atoms with Crippen molar-refractivity contribution in [2.24, 2.45) is 0 Å². The van der Waals surface area contributed by atoms with Gasteiger partial charge in [-0.15, -0.1) is 0 Å². The Hall–Kier alpha value is -2.50. The summed E-state index contributed by atoms with van der Waals surface area (Å²) in [4.78, 5) is 14.7. The Morgan fingerprint density at radius 3 is 3.13 bits per heavy atom. The van der Waals surface area contributed by atoms with Gasteiger partial charge in [0.05, 0.1) is 12.2 Å². The standard InChI is InChI=1S/C17H20N4O2/c1-21-8-9-23-15-7-6-11(10-14(15)21)18-17(22)16-12-4-2-3-5-13(12)19-20-16/h6-7,10H,2-5,8-9H2,1H3,(H,18,22)(H,19,20). The summed E-state index contributed by atoms with van der Waals surface area (Å²) in [5, 5.41) is 10.2. The van der Waals surface area contributed by atoms with E-state index in [2.05, 4.69) is 20.4 Å². The zero-order valence-electron chi connectivity index (χ0n) is 13.2. The van der Waals surface area contributed by atoms with Crippen molar-refractivity contribution in [2.75, 3.05) is 30.4 Å². The maximum absolute atomic E-state index is 12.6. The highest BCUT2D eigenvalue weighted by molar-refractivity contribution is 6.04. The first-order valence-electron chi connectivity index (χ1n) is 8.08. The molecule has 0 atom stereocenters. The molecule has 1 amide bonds. The molecule has 1 aromatic carbocycles. The van der Waals surface area contributed by atoms with Crippen LogP contribution in [-0.4, -0.2) is 36.3 Å². The van der Waals surface area contributed by atoms with Crippen molar-refractivity contribution in [1.29, 1.82) is 0 Å². The second kappa shape index (κ2) is 5.61. The quantitative estimate of drug-likeness (QED) is 0.893. The molecule has 0 saturated carbocycles. The van der Waals surface area contributed by atoms with Crippen molar-refractivity contribution in [3.05, 3.63) is 35.2 Å². The molecular formula is C17H20N4O2. The maximum atomic E-state index is 12.6. The number of hydrogen-bond acceptors (Lipinski definition) is 4. The number of hydrogen-bond donors (Lipinski definition) is 2. The fraction of sp³-hybridized carbons (Fsp3) is 0.412. The number of nitrogens with one attached hydrogen (secondary N) is 2. The number of ether oxygens (including phenoxy) is 1. The highest BCUT2D eigenvalue weighted by Crippen LogP contribution is 2.33. The van der Waals surface area contributed by atoms with Gasteiger partial charge in [-0.1, -0.05) is 0 Å². The predicted molar refractivity (Wildman–Crippen MR) is 88.4 cm³/mol. The molecule has 2 N–H and O–H groups in total. The number of H-pyrrole nitrogens is 1. The fourth-order valence-corrected chi connectivity index (χ4v) is 3.29. The molecule has 1 aliphatic heterocycles. The van der Waals surface area contributed by atoms with Crippen LogP contribution in [0.3, 0.4) is 0 Å². The van der Waals surface area contributed by atoms with E-state index in [0.717, 1.165) is 60.6 Å². The maximum Gasteiger partial charge on any atom is 0.276 e. The van der Waals surface area contributed by atoms with Crippen LogP contribution in [0.25, 0.3) is 0 Å². The smallest absolute Gasteiger partial charge is 0.276 e. The zero-order chi connectivity index (χ0) is 15.8. The lowest BCUT2D eigenvalue weighted by atomic mass is 9.96. The van der Waals surface area contributed by atoms with E-state index < -0.39 is 0 Å². The van der Waals surface area contributed by atoms with Crippen LogP contribution in [0.4, 0.5) is 11.4 Å².